The molecule has 0 amide bonds. The standard InChI is InChI=1S/C16H19N5S/c22-16(17-18-10-4-1-5-11-18)21(19-12-6-2-7-13-19)20-14-8-3-9-15-20/h1-10,12,14H,11,13,15H2,(H,17,22). The van der Waals surface area contributed by atoms with Gasteiger partial charge in [-0.05, 0) is 30.4 Å². The monoisotopic (exact) mass is 313 g/mol. The van der Waals surface area contributed by atoms with E-state index in [1.165, 1.54) is 0 Å². The average Bonchev–Trinajstić information content (AvgIpc) is 2.58. The Morgan fingerprint density at radius 3 is 1.77 bits per heavy atom. The van der Waals surface area contributed by atoms with Crippen molar-refractivity contribution in [2.45, 2.75) is 0 Å². The van der Waals surface area contributed by atoms with Crippen LogP contribution >= 0.6 is 12.2 Å². The summed E-state index contributed by atoms with van der Waals surface area (Å²) >= 11 is 5.63. The molecule has 0 atom stereocenters. The van der Waals surface area contributed by atoms with Crippen LogP contribution in [0.3, 0.4) is 0 Å². The Morgan fingerprint density at radius 2 is 1.32 bits per heavy atom. The van der Waals surface area contributed by atoms with E-state index in [1.54, 1.807) is 0 Å². The third-order valence-corrected chi connectivity index (χ3v) is 3.57. The maximum atomic E-state index is 5.63. The summed E-state index contributed by atoms with van der Waals surface area (Å²) in [5.74, 6) is 0. The Labute approximate surface area is 136 Å². The van der Waals surface area contributed by atoms with Crippen LogP contribution in [-0.4, -0.2) is 44.9 Å². The molecule has 3 aliphatic rings. The summed E-state index contributed by atoms with van der Waals surface area (Å²) in [5.41, 5.74) is 3.27. The highest BCUT2D eigenvalue weighted by molar-refractivity contribution is 7.80. The molecule has 3 heterocycles. The molecule has 0 unspecified atom stereocenters. The molecule has 0 spiro atoms. The summed E-state index contributed by atoms with van der Waals surface area (Å²) in [4.78, 5) is 0. The van der Waals surface area contributed by atoms with Crippen LogP contribution in [0.1, 0.15) is 0 Å². The summed E-state index contributed by atoms with van der Waals surface area (Å²) in [6.07, 6.45) is 24.4. The van der Waals surface area contributed by atoms with Gasteiger partial charge in [0.15, 0.2) is 0 Å². The second kappa shape index (κ2) is 7.00. The van der Waals surface area contributed by atoms with Gasteiger partial charge in [-0.3, -0.25) is 20.5 Å². The van der Waals surface area contributed by atoms with Crippen LogP contribution in [0.5, 0.6) is 0 Å². The first-order valence-electron chi connectivity index (χ1n) is 7.25. The van der Waals surface area contributed by atoms with Crippen molar-refractivity contribution in [2.24, 2.45) is 0 Å². The van der Waals surface area contributed by atoms with Crippen molar-refractivity contribution in [3.8, 4) is 0 Å². The molecule has 1 N–H and O–H groups in total. The van der Waals surface area contributed by atoms with Crippen LogP contribution in [0.2, 0.25) is 0 Å². The number of hydrogen-bond donors (Lipinski definition) is 1. The Bertz CT molecular complexity index is 557. The highest BCUT2D eigenvalue weighted by Gasteiger charge is 2.22. The molecule has 0 aliphatic carbocycles. The second-order valence-electron chi connectivity index (χ2n) is 4.91. The molecule has 0 fully saturated rings. The molecule has 3 aliphatic heterocycles. The molecule has 0 saturated carbocycles. The van der Waals surface area contributed by atoms with Crippen LogP contribution in [0.4, 0.5) is 0 Å². The minimum Gasteiger partial charge on any atom is -0.289 e. The summed E-state index contributed by atoms with van der Waals surface area (Å²) in [6.45, 7) is 2.35. The number of nitrogens with one attached hydrogen (secondary N) is 1. The quantitative estimate of drug-likeness (QED) is 0.801. The van der Waals surface area contributed by atoms with E-state index in [4.69, 9.17) is 12.2 Å². The van der Waals surface area contributed by atoms with Crippen molar-refractivity contribution < 1.29 is 0 Å². The first-order valence-corrected chi connectivity index (χ1v) is 7.66. The number of thiocarbonyl (C=S) groups is 1. The van der Waals surface area contributed by atoms with E-state index in [1.807, 2.05) is 65.2 Å². The first-order chi connectivity index (χ1) is 10.8. The topological polar surface area (TPSA) is 25.0 Å². The molecule has 114 valence electrons. The van der Waals surface area contributed by atoms with Crippen molar-refractivity contribution in [3.63, 3.8) is 0 Å². The highest BCUT2D eigenvalue weighted by atomic mass is 32.1. The fraction of sp³-hybridized carbons (Fsp3) is 0.188. The van der Waals surface area contributed by atoms with Gasteiger partial charge in [0.25, 0.3) is 0 Å². The summed E-state index contributed by atoms with van der Waals surface area (Å²) in [5, 5.41) is 8.70. The lowest BCUT2D eigenvalue weighted by Crippen LogP contribution is -2.58. The fourth-order valence-electron chi connectivity index (χ4n) is 2.29. The lowest BCUT2D eigenvalue weighted by atomic mass is 10.4. The average molecular weight is 313 g/mol. The SMILES string of the molecule is S=C(NN1C=CC=CC1)N(N1C=CC=CC1)N1C=CC=CC1. The van der Waals surface area contributed by atoms with Crippen molar-refractivity contribution in [1.82, 2.24) is 25.6 Å². The normalized spacial score (nSPS) is 19.0. The van der Waals surface area contributed by atoms with E-state index in [0.717, 1.165) is 19.6 Å². The van der Waals surface area contributed by atoms with Crippen molar-refractivity contribution >= 4 is 17.3 Å². The molecule has 0 aromatic rings. The maximum absolute atomic E-state index is 5.63. The molecule has 0 radical (unpaired) electrons. The molecule has 22 heavy (non-hydrogen) atoms. The van der Waals surface area contributed by atoms with Gasteiger partial charge in [-0.2, -0.15) is 5.12 Å². The van der Waals surface area contributed by atoms with Gasteiger partial charge in [0.2, 0.25) is 5.11 Å². The minimum absolute atomic E-state index is 0.625. The molecular formula is C16H19N5S. The van der Waals surface area contributed by atoms with Gasteiger partial charge in [0, 0.05) is 18.6 Å². The molecule has 6 heteroatoms. The van der Waals surface area contributed by atoms with Crippen LogP contribution in [0, 0.1) is 0 Å². The number of allylic oxidation sites excluding steroid dienone is 6. The van der Waals surface area contributed by atoms with Gasteiger partial charge >= 0.3 is 0 Å². The molecule has 5 nitrogen and oxygen atoms in total. The van der Waals surface area contributed by atoms with Gasteiger partial charge in [0.1, 0.15) is 0 Å². The lowest BCUT2D eigenvalue weighted by Gasteiger charge is -2.43. The largest absolute Gasteiger partial charge is 0.289 e. The number of hydrazine groups is 3. The van der Waals surface area contributed by atoms with E-state index in [2.05, 4.69) is 33.7 Å². The van der Waals surface area contributed by atoms with Gasteiger partial charge in [0.05, 0.1) is 19.6 Å². The van der Waals surface area contributed by atoms with Gasteiger partial charge < -0.3 is 0 Å². The fourth-order valence-corrected chi connectivity index (χ4v) is 2.62. The third-order valence-electron chi connectivity index (χ3n) is 3.32. The Morgan fingerprint density at radius 1 is 0.773 bits per heavy atom. The van der Waals surface area contributed by atoms with Crippen LogP contribution in [0.15, 0.2) is 73.3 Å². The molecular weight excluding hydrogens is 294 g/mol. The first kappa shape index (κ1) is 14.5. The van der Waals surface area contributed by atoms with E-state index in [9.17, 15) is 0 Å². The van der Waals surface area contributed by atoms with E-state index in [0.29, 0.717) is 5.11 Å². The van der Waals surface area contributed by atoms with Crippen LogP contribution < -0.4 is 5.43 Å². The van der Waals surface area contributed by atoms with Crippen molar-refractivity contribution in [3.05, 3.63) is 73.3 Å². The van der Waals surface area contributed by atoms with Gasteiger partial charge in [-0.1, -0.05) is 36.5 Å². The third kappa shape index (κ3) is 3.40. The smallest absolute Gasteiger partial charge is 0.228 e. The van der Waals surface area contributed by atoms with Crippen LogP contribution in [0.25, 0.3) is 0 Å². The summed E-state index contributed by atoms with van der Waals surface area (Å²) in [7, 11) is 0. The number of hydrogen-bond acceptors (Lipinski definition) is 4. The van der Waals surface area contributed by atoms with Gasteiger partial charge in [-0.25, -0.2) is 0 Å². The van der Waals surface area contributed by atoms with E-state index < -0.39 is 0 Å². The Kier molecular flexibility index (Phi) is 4.60. The zero-order valence-corrected chi connectivity index (χ0v) is 13.1. The Hall–Kier alpha value is -2.47. The molecule has 0 aromatic heterocycles. The molecule has 0 aromatic carbocycles. The highest BCUT2D eigenvalue weighted by Crippen LogP contribution is 2.13. The molecule has 0 bridgehead atoms. The van der Waals surface area contributed by atoms with E-state index in [-0.39, 0.29) is 0 Å². The van der Waals surface area contributed by atoms with Crippen molar-refractivity contribution in [1.29, 1.82) is 0 Å². The predicted octanol–water partition coefficient (Wildman–Crippen LogP) is 2.06. The summed E-state index contributed by atoms with van der Waals surface area (Å²) in [6, 6.07) is 0. The second-order valence-corrected chi connectivity index (χ2v) is 5.30. The lowest BCUT2D eigenvalue weighted by molar-refractivity contribution is -0.0557. The maximum Gasteiger partial charge on any atom is 0.228 e. The summed E-state index contributed by atoms with van der Waals surface area (Å²) < 4.78 is 0. The van der Waals surface area contributed by atoms with Gasteiger partial charge in [-0.15, -0.1) is 0 Å². The number of rotatable bonds is 3. The van der Waals surface area contributed by atoms with Crippen molar-refractivity contribution in [2.75, 3.05) is 19.6 Å². The molecule has 3 rings (SSSR count). The predicted molar refractivity (Wildman–Crippen MR) is 92.5 cm³/mol. The Balaban J connectivity index is 1.73. The van der Waals surface area contributed by atoms with E-state index >= 15 is 0 Å². The molecule has 0 saturated heterocycles. The van der Waals surface area contributed by atoms with Crippen LogP contribution in [-0.2, 0) is 0 Å². The zero-order chi connectivity index (χ0) is 15.2. The number of nitrogens with zero attached hydrogens (tertiary/aromatic N) is 4. The minimum atomic E-state index is 0.625. The zero-order valence-electron chi connectivity index (χ0n) is 12.2.